The van der Waals surface area contributed by atoms with Crippen molar-refractivity contribution < 1.29 is 5.11 Å². The third-order valence-electron chi connectivity index (χ3n) is 1.81. The Balaban J connectivity index is 2.96. The quantitative estimate of drug-likeness (QED) is 0.792. The van der Waals surface area contributed by atoms with E-state index >= 15 is 0 Å². The van der Waals surface area contributed by atoms with E-state index in [1.165, 1.54) is 0 Å². The molecular weight excluding hydrogens is 218 g/mol. The first-order valence-electron chi connectivity index (χ1n) is 3.95. The van der Waals surface area contributed by atoms with Gasteiger partial charge in [0.05, 0.1) is 6.10 Å². The van der Waals surface area contributed by atoms with Crippen LogP contribution >= 0.6 is 15.9 Å². The number of rotatable bonds is 2. The first kappa shape index (κ1) is 9.68. The van der Waals surface area contributed by atoms with Crippen LogP contribution in [0, 0.1) is 6.92 Å². The molecule has 0 radical (unpaired) electrons. The molecule has 0 amide bonds. The van der Waals surface area contributed by atoms with Gasteiger partial charge in [0.25, 0.3) is 0 Å². The van der Waals surface area contributed by atoms with Gasteiger partial charge in [-0.25, -0.2) is 4.98 Å². The number of pyridine rings is 1. The molecule has 1 aromatic heterocycles. The minimum Gasteiger partial charge on any atom is -0.388 e. The molecule has 1 atom stereocenters. The molecule has 2 nitrogen and oxygen atoms in total. The third kappa shape index (κ3) is 2.05. The monoisotopic (exact) mass is 229 g/mol. The van der Waals surface area contributed by atoms with Crippen LogP contribution in [0.25, 0.3) is 0 Å². The highest BCUT2D eigenvalue weighted by atomic mass is 79.9. The van der Waals surface area contributed by atoms with Crippen LogP contribution in [0.4, 0.5) is 0 Å². The zero-order chi connectivity index (χ0) is 9.14. The summed E-state index contributed by atoms with van der Waals surface area (Å²) in [6, 6.07) is 1.95. The van der Waals surface area contributed by atoms with Crippen LogP contribution in [-0.2, 0) is 0 Å². The van der Waals surface area contributed by atoms with E-state index in [1.54, 1.807) is 6.20 Å². The fourth-order valence-electron chi connectivity index (χ4n) is 0.998. The molecule has 0 saturated carbocycles. The number of nitrogens with zero attached hydrogens (tertiary/aromatic N) is 1. The Kier molecular flexibility index (Phi) is 3.23. The predicted molar refractivity (Wildman–Crippen MR) is 51.9 cm³/mol. The summed E-state index contributed by atoms with van der Waals surface area (Å²) in [7, 11) is 0. The summed E-state index contributed by atoms with van der Waals surface area (Å²) in [5.74, 6) is 0. The van der Waals surface area contributed by atoms with E-state index in [1.807, 2.05) is 19.9 Å². The largest absolute Gasteiger partial charge is 0.388 e. The SMILES string of the molecule is CCC(O)c1cnc(Br)c(C)c1. The number of aliphatic hydroxyl groups excluding tert-OH is 1. The van der Waals surface area contributed by atoms with Crippen molar-refractivity contribution in [2.45, 2.75) is 26.4 Å². The lowest BCUT2D eigenvalue weighted by atomic mass is 10.1. The lowest BCUT2D eigenvalue weighted by Crippen LogP contribution is -1.97. The summed E-state index contributed by atoms with van der Waals surface area (Å²) in [5.41, 5.74) is 1.94. The molecule has 0 aliphatic heterocycles. The van der Waals surface area contributed by atoms with Crippen molar-refractivity contribution in [3.8, 4) is 0 Å². The number of aliphatic hydroxyl groups is 1. The Morgan fingerprint density at radius 1 is 1.67 bits per heavy atom. The summed E-state index contributed by atoms with van der Waals surface area (Å²) in [6.07, 6.45) is 2.04. The van der Waals surface area contributed by atoms with Crippen LogP contribution in [0.1, 0.15) is 30.6 Å². The fraction of sp³-hybridized carbons (Fsp3) is 0.444. The topological polar surface area (TPSA) is 33.1 Å². The first-order chi connectivity index (χ1) is 5.65. The van der Waals surface area contributed by atoms with Gasteiger partial charge in [0.15, 0.2) is 0 Å². The van der Waals surface area contributed by atoms with Gasteiger partial charge in [0.1, 0.15) is 4.60 Å². The van der Waals surface area contributed by atoms with Gasteiger partial charge in [0.2, 0.25) is 0 Å². The standard InChI is InChI=1S/C9H12BrNO/c1-3-8(12)7-4-6(2)9(10)11-5-7/h4-5,8,12H,3H2,1-2H3. The van der Waals surface area contributed by atoms with Gasteiger partial charge in [0, 0.05) is 6.20 Å². The Bertz CT molecular complexity index is 275. The van der Waals surface area contributed by atoms with Gasteiger partial charge in [-0.1, -0.05) is 6.92 Å². The molecule has 0 bridgehead atoms. The molecule has 0 aliphatic carbocycles. The lowest BCUT2D eigenvalue weighted by molar-refractivity contribution is 0.173. The van der Waals surface area contributed by atoms with Crippen molar-refractivity contribution in [1.29, 1.82) is 0 Å². The third-order valence-corrected chi connectivity index (χ3v) is 2.64. The molecule has 0 spiro atoms. The normalized spacial score (nSPS) is 13.0. The van der Waals surface area contributed by atoms with Crippen molar-refractivity contribution in [3.05, 3.63) is 28.0 Å². The number of aryl methyl sites for hydroxylation is 1. The highest BCUT2D eigenvalue weighted by Gasteiger charge is 2.06. The molecule has 66 valence electrons. The minimum absolute atomic E-state index is 0.385. The zero-order valence-electron chi connectivity index (χ0n) is 7.21. The predicted octanol–water partition coefficient (Wildman–Crippen LogP) is 2.60. The Morgan fingerprint density at radius 3 is 2.83 bits per heavy atom. The van der Waals surface area contributed by atoms with E-state index in [0.717, 1.165) is 22.2 Å². The summed E-state index contributed by atoms with van der Waals surface area (Å²) in [5, 5.41) is 9.49. The van der Waals surface area contributed by atoms with E-state index in [0.29, 0.717) is 0 Å². The number of halogens is 1. The first-order valence-corrected chi connectivity index (χ1v) is 4.74. The van der Waals surface area contributed by atoms with E-state index in [9.17, 15) is 5.11 Å². The molecule has 0 aromatic carbocycles. The summed E-state index contributed by atoms with van der Waals surface area (Å²) >= 11 is 3.31. The van der Waals surface area contributed by atoms with Gasteiger partial charge in [-0.05, 0) is 46.5 Å². The number of aromatic nitrogens is 1. The second-order valence-electron chi connectivity index (χ2n) is 2.80. The molecule has 0 saturated heterocycles. The molecule has 0 fully saturated rings. The molecule has 0 aliphatic rings. The second-order valence-corrected chi connectivity index (χ2v) is 3.55. The summed E-state index contributed by atoms with van der Waals surface area (Å²) in [4.78, 5) is 4.10. The molecule has 1 heterocycles. The Labute approximate surface area is 80.8 Å². The van der Waals surface area contributed by atoms with Crippen LogP contribution < -0.4 is 0 Å². The molecular formula is C9H12BrNO. The summed E-state index contributed by atoms with van der Waals surface area (Å²) in [6.45, 7) is 3.91. The van der Waals surface area contributed by atoms with Gasteiger partial charge in [-0.3, -0.25) is 0 Å². The van der Waals surface area contributed by atoms with Gasteiger partial charge in [-0.15, -0.1) is 0 Å². The van der Waals surface area contributed by atoms with Crippen LogP contribution in [-0.4, -0.2) is 10.1 Å². The molecule has 12 heavy (non-hydrogen) atoms. The van der Waals surface area contributed by atoms with Crippen molar-refractivity contribution >= 4 is 15.9 Å². The molecule has 1 rings (SSSR count). The molecule has 1 N–H and O–H groups in total. The number of hydrogen-bond acceptors (Lipinski definition) is 2. The van der Waals surface area contributed by atoms with Crippen LogP contribution in [0.2, 0.25) is 0 Å². The molecule has 3 heteroatoms. The Morgan fingerprint density at radius 2 is 2.33 bits per heavy atom. The lowest BCUT2D eigenvalue weighted by Gasteiger charge is -2.08. The van der Waals surface area contributed by atoms with Crippen LogP contribution in [0.5, 0.6) is 0 Å². The van der Waals surface area contributed by atoms with E-state index in [4.69, 9.17) is 0 Å². The second kappa shape index (κ2) is 4.01. The fourth-order valence-corrected chi connectivity index (χ4v) is 1.21. The van der Waals surface area contributed by atoms with Crippen molar-refractivity contribution in [2.75, 3.05) is 0 Å². The average Bonchev–Trinajstić information content (AvgIpc) is 2.08. The minimum atomic E-state index is -0.385. The molecule has 1 aromatic rings. The highest BCUT2D eigenvalue weighted by Crippen LogP contribution is 2.20. The zero-order valence-corrected chi connectivity index (χ0v) is 8.80. The van der Waals surface area contributed by atoms with Gasteiger partial charge in [-0.2, -0.15) is 0 Å². The maximum atomic E-state index is 9.49. The van der Waals surface area contributed by atoms with Crippen LogP contribution in [0.15, 0.2) is 16.9 Å². The average molecular weight is 230 g/mol. The van der Waals surface area contributed by atoms with E-state index in [2.05, 4.69) is 20.9 Å². The smallest absolute Gasteiger partial charge is 0.108 e. The maximum absolute atomic E-state index is 9.49. The Hall–Kier alpha value is -0.410. The van der Waals surface area contributed by atoms with Crippen molar-refractivity contribution in [1.82, 2.24) is 4.98 Å². The number of hydrogen-bond donors (Lipinski definition) is 1. The van der Waals surface area contributed by atoms with E-state index in [-0.39, 0.29) is 6.10 Å². The molecule has 1 unspecified atom stereocenters. The van der Waals surface area contributed by atoms with Gasteiger partial charge < -0.3 is 5.11 Å². The van der Waals surface area contributed by atoms with Crippen LogP contribution in [0.3, 0.4) is 0 Å². The highest BCUT2D eigenvalue weighted by molar-refractivity contribution is 9.10. The maximum Gasteiger partial charge on any atom is 0.108 e. The van der Waals surface area contributed by atoms with Crippen molar-refractivity contribution in [2.24, 2.45) is 0 Å². The van der Waals surface area contributed by atoms with Gasteiger partial charge >= 0.3 is 0 Å². The van der Waals surface area contributed by atoms with E-state index < -0.39 is 0 Å². The van der Waals surface area contributed by atoms with Crippen molar-refractivity contribution in [3.63, 3.8) is 0 Å². The summed E-state index contributed by atoms with van der Waals surface area (Å²) < 4.78 is 0.842.